The molecular formula is C40H38N4O6. The number of carbonyl (C=O) groups is 2. The largest absolute Gasteiger partial charge is 0.482 e. The maximum absolute atomic E-state index is 13.0. The van der Waals surface area contributed by atoms with Gasteiger partial charge in [0.05, 0.1) is 0 Å². The molecule has 6 aromatic rings. The molecule has 4 aromatic carbocycles. The van der Waals surface area contributed by atoms with Gasteiger partial charge in [0.1, 0.15) is 22.7 Å². The smallest absolute Gasteiger partial charge is 0.419 e. The third-order valence-electron chi connectivity index (χ3n) is 8.58. The number of ether oxygens (including phenoxy) is 4. The van der Waals surface area contributed by atoms with Crippen molar-refractivity contribution < 1.29 is 28.5 Å². The van der Waals surface area contributed by atoms with Crippen molar-refractivity contribution in [2.24, 2.45) is 11.5 Å². The maximum Gasteiger partial charge on any atom is 0.419 e. The van der Waals surface area contributed by atoms with Crippen LogP contribution in [0.25, 0.3) is 21.5 Å². The number of hydrogen-bond acceptors (Lipinski definition) is 10. The van der Waals surface area contributed by atoms with Crippen LogP contribution in [-0.4, -0.2) is 34.4 Å². The quantitative estimate of drug-likeness (QED) is 0.0839. The van der Waals surface area contributed by atoms with Crippen molar-refractivity contribution in [3.8, 4) is 11.5 Å². The first-order valence-corrected chi connectivity index (χ1v) is 16.2. The summed E-state index contributed by atoms with van der Waals surface area (Å²) >= 11 is 0. The molecule has 6 rings (SSSR count). The molecule has 0 fully saturated rings. The van der Waals surface area contributed by atoms with Crippen LogP contribution in [-0.2, 0) is 30.3 Å². The van der Waals surface area contributed by atoms with Crippen molar-refractivity contribution in [3.63, 3.8) is 0 Å². The van der Waals surface area contributed by atoms with E-state index in [1.165, 1.54) is 0 Å². The number of nitrogens with zero attached hydrogens (tertiary/aromatic N) is 2. The molecule has 0 aliphatic carbocycles. The minimum Gasteiger partial charge on any atom is -0.482 e. The molecule has 4 N–H and O–H groups in total. The Morgan fingerprint density at radius 3 is 1.38 bits per heavy atom. The highest BCUT2D eigenvalue weighted by molar-refractivity contribution is 6.29. The van der Waals surface area contributed by atoms with Gasteiger partial charge in [0.2, 0.25) is 0 Å². The number of rotatable bonds is 12. The van der Waals surface area contributed by atoms with Gasteiger partial charge in [0, 0.05) is 59.5 Å². The van der Waals surface area contributed by atoms with Crippen LogP contribution in [0.5, 0.6) is 11.5 Å². The van der Waals surface area contributed by atoms with E-state index in [2.05, 4.69) is 9.97 Å². The molecule has 10 heteroatoms. The summed E-state index contributed by atoms with van der Waals surface area (Å²) in [5, 5.41) is 3.79. The Bertz CT molecular complexity index is 1940. The van der Waals surface area contributed by atoms with Gasteiger partial charge in [-0.25, -0.2) is 9.59 Å². The predicted molar refractivity (Wildman–Crippen MR) is 190 cm³/mol. The van der Waals surface area contributed by atoms with E-state index < -0.39 is 35.6 Å². The van der Waals surface area contributed by atoms with E-state index in [1.54, 1.807) is 36.9 Å². The lowest BCUT2D eigenvalue weighted by Crippen LogP contribution is -2.43. The van der Waals surface area contributed by atoms with E-state index in [9.17, 15) is 9.59 Å². The molecule has 0 spiro atoms. The van der Waals surface area contributed by atoms with Gasteiger partial charge >= 0.3 is 11.9 Å². The average molecular weight is 671 g/mol. The Labute approximate surface area is 290 Å². The first kappa shape index (κ1) is 34.0. The van der Waals surface area contributed by atoms with Gasteiger partial charge in [0.25, 0.3) is 0 Å². The highest BCUT2D eigenvalue weighted by atomic mass is 16.6. The number of esters is 2. The van der Waals surface area contributed by atoms with E-state index >= 15 is 0 Å². The molecule has 0 radical (unpaired) electrons. The van der Waals surface area contributed by atoms with Crippen LogP contribution in [0.3, 0.4) is 0 Å². The summed E-state index contributed by atoms with van der Waals surface area (Å²) in [6.45, 7) is 3.64. The first-order valence-electron chi connectivity index (χ1n) is 16.2. The lowest BCUT2D eigenvalue weighted by molar-refractivity contribution is -0.176. The number of hydrogen-bond donors (Lipinski definition) is 2. The summed E-state index contributed by atoms with van der Waals surface area (Å²) in [6.07, 6.45) is 4.10. The Kier molecular flexibility index (Phi) is 10.0. The molecule has 50 heavy (non-hydrogen) atoms. The second kappa shape index (κ2) is 14.7. The van der Waals surface area contributed by atoms with Crippen molar-refractivity contribution in [3.05, 3.63) is 145 Å². The zero-order valence-corrected chi connectivity index (χ0v) is 27.8. The zero-order valence-electron chi connectivity index (χ0n) is 27.8. The Hall–Kier alpha value is -5.84. The summed E-state index contributed by atoms with van der Waals surface area (Å²) in [5.74, 6) is -1.35. The molecule has 0 saturated carbocycles. The molecule has 254 valence electrons. The van der Waals surface area contributed by atoms with Crippen molar-refractivity contribution in [1.29, 1.82) is 0 Å². The van der Waals surface area contributed by atoms with Crippen LogP contribution in [0, 0.1) is 0 Å². The lowest BCUT2D eigenvalue weighted by Gasteiger charge is -2.34. The molecule has 2 heterocycles. The van der Waals surface area contributed by atoms with E-state index in [0.717, 1.165) is 21.5 Å². The number of carbonyl (C=O) groups excluding carboxylic acids is 2. The van der Waals surface area contributed by atoms with Crippen LogP contribution >= 0.6 is 0 Å². The summed E-state index contributed by atoms with van der Waals surface area (Å²) in [5.41, 5.74) is 11.9. The van der Waals surface area contributed by atoms with E-state index in [-0.39, 0.29) is 12.8 Å². The van der Waals surface area contributed by atoms with Gasteiger partial charge in [0.15, 0.2) is 12.5 Å². The highest BCUT2D eigenvalue weighted by Crippen LogP contribution is 2.37. The Balaban J connectivity index is 1.14. The van der Waals surface area contributed by atoms with Gasteiger partial charge in [-0.15, -0.1) is 0 Å². The molecule has 0 bridgehead atoms. The number of benzene rings is 4. The minimum absolute atomic E-state index is 0.00899. The van der Waals surface area contributed by atoms with Crippen LogP contribution in [0.1, 0.15) is 37.8 Å². The second-order valence-electron chi connectivity index (χ2n) is 12.4. The fraction of sp³-hybridized carbons (Fsp3) is 0.200. The number of nitrogens with two attached hydrogens (primary N) is 2. The molecule has 2 aromatic heterocycles. The van der Waals surface area contributed by atoms with Crippen LogP contribution in [0.2, 0.25) is 0 Å². The van der Waals surface area contributed by atoms with E-state index in [1.807, 2.05) is 111 Å². The number of pyridine rings is 2. The van der Waals surface area contributed by atoms with Crippen molar-refractivity contribution in [2.45, 2.75) is 50.3 Å². The second-order valence-corrected chi connectivity index (χ2v) is 12.4. The average Bonchev–Trinajstić information content (AvgIpc) is 3.12. The molecule has 0 aliphatic heterocycles. The lowest BCUT2D eigenvalue weighted by atomic mass is 9.92. The first-order chi connectivity index (χ1) is 24.1. The molecule has 4 atom stereocenters. The molecule has 0 saturated heterocycles. The fourth-order valence-electron chi connectivity index (χ4n) is 6.07. The standard InChI is InChI=1S/C40H38N4O6/c1-39(29-15-9-21-43-25-29,49-33-19-7-13-27-11-3-5-17-31(27)33)23-35(41)47-37(45)38(46)48-36(42)24-40(2,30-16-10-22-44-26-30)50-34-20-8-14-28-12-4-6-18-32(28)34/h3-22,25-26,35-36H,23-24,41-42H2,1-2H3. The molecular weight excluding hydrogens is 632 g/mol. The summed E-state index contributed by atoms with van der Waals surface area (Å²) < 4.78 is 23.9. The number of aromatic nitrogens is 2. The SMILES string of the molecule is CC(CC(N)OC(=O)C(=O)OC(N)CC(C)(Oc1cccc2ccccc12)c1cccnc1)(Oc1cccc2ccccc12)c1cccnc1. The van der Waals surface area contributed by atoms with Crippen LogP contribution in [0.15, 0.2) is 134 Å². The highest BCUT2D eigenvalue weighted by Gasteiger charge is 2.37. The van der Waals surface area contributed by atoms with E-state index in [0.29, 0.717) is 22.6 Å². The molecule has 4 unspecified atom stereocenters. The normalized spacial score (nSPS) is 14.9. The summed E-state index contributed by atoms with van der Waals surface area (Å²) in [7, 11) is 0. The van der Waals surface area contributed by atoms with Crippen molar-refractivity contribution in [1.82, 2.24) is 9.97 Å². The van der Waals surface area contributed by atoms with Crippen LogP contribution < -0.4 is 20.9 Å². The van der Waals surface area contributed by atoms with Gasteiger partial charge in [-0.05, 0) is 48.9 Å². The van der Waals surface area contributed by atoms with Gasteiger partial charge in [-0.1, -0.05) is 84.9 Å². The molecule has 0 aliphatic rings. The Morgan fingerprint density at radius 2 is 0.980 bits per heavy atom. The van der Waals surface area contributed by atoms with E-state index in [4.69, 9.17) is 30.4 Å². The Morgan fingerprint density at radius 1 is 0.580 bits per heavy atom. The third kappa shape index (κ3) is 7.72. The predicted octanol–water partition coefficient (Wildman–Crippen LogP) is 6.51. The minimum atomic E-state index is -1.29. The van der Waals surface area contributed by atoms with Gasteiger partial charge in [-0.3, -0.25) is 21.4 Å². The molecule has 0 amide bonds. The summed E-state index contributed by atoms with van der Waals surface area (Å²) in [6, 6.07) is 34.4. The zero-order chi connectivity index (χ0) is 35.1. The maximum atomic E-state index is 13.0. The monoisotopic (exact) mass is 670 g/mol. The van der Waals surface area contributed by atoms with Crippen molar-refractivity contribution in [2.75, 3.05) is 0 Å². The van der Waals surface area contributed by atoms with Gasteiger partial charge in [-0.2, -0.15) is 0 Å². The third-order valence-corrected chi connectivity index (χ3v) is 8.58. The van der Waals surface area contributed by atoms with Crippen LogP contribution in [0.4, 0.5) is 0 Å². The topological polar surface area (TPSA) is 149 Å². The van der Waals surface area contributed by atoms with Crippen molar-refractivity contribution >= 4 is 33.5 Å². The van der Waals surface area contributed by atoms with Gasteiger partial charge < -0.3 is 18.9 Å². The molecule has 10 nitrogen and oxygen atoms in total. The summed E-state index contributed by atoms with van der Waals surface area (Å²) in [4.78, 5) is 34.5. The number of fused-ring (bicyclic) bond motifs is 2. The fourth-order valence-corrected chi connectivity index (χ4v) is 6.07.